The summed E-state index contributed by atoms with van der Waals surface area (Å²) in [6.07, 6.45) is -0.460. The van der Waals surface area contributed by atoms with Crippen LogP contribution in [0, 0.1) is 17.0 Å². The van der Waals surface area contributed by atoms with E-state index in [1.807, 2.05) is 0 Å². The van der Waals surface area contributed by atoms with Crippen LogP contribution in [0.25, 0.3) is 0 Å². The van der Waals surface area contributed by atoms with Gasteiger partial charge in [-0.2, -0.15) is 0 Å². The number of carbonyl (C=O) groups is 2. The van der Waals surface area contributed by atoms with Crippen molar-refractivity contribution in [2.75, 3.05) is 0 Å². The van der Waals surface area contributed by atoms with E-state index in [4.69, 9.17) is 5.11 Å². The summed E-state index contributed by atoms with van der Waals surface area (Å²) in [5, 5.41) is 19.1. The summed E-state index contributed by atoms with van der Waals surface area (Å²) in [5.74, 6) is -2.64. The monoisotopic (exact) mass is 262 g/mol. The fourth-order valence-electron chi connectivity index (χ4n) is 1.32. The Labute approximate surface area is 140 Å². The van der Waals surface area contributed by atoms with Crippen molar-refractivity contribution in [3.63, 3.8) is 0 Å². The molecule has 0 heterocycles. The fraction of sp³-hybridized carbons (Fsp3) is 0.200. The van der Waals surface area contributed by atoms with Gasteiger partial charge in [0.1, 0.15) is 0 Å². The van der Waals surface area contributed by atoms with Crippen LogP contribution in [0.3, 0.4) is 0 Å². The zero-order valence-electron chi connectivity index (χ0n) is 9.47. The maximum atomic E-state index is 11.0. The van der Waals surface area contributed by atoms with E-state index in [0.717, 1.165) is 0 Å². The molecule has 6 nitrogen and oxygen atoms in total. The third-order valence-corrected chi connectivity index (χ3v) is 2.16. The maximum Gasteiger partial charge on any atom is 0.372 e. The zero-order valence-corrected chi connectivity index (χ0v) is 12.6. The number of carbonyl (C=O) groups excluding carboxylic acids is 1. The van der Waals surface area contributed by atoms with Crippen LogP contribution in [0.1, 0.15) is 11.1 Å². The quantitative estimate of drug-likeness (QED) is 0.373. The predicted molar refractivity (Wildman–Crippen MR) is 59.9 cm³/mol. The standard InChI is InChI=1S/C10H9NO5.K/c1-6-3-2-4-8(11(15)16)7(6)5-9(12)10(13)14;/h2-4H,5H2,1H3,(H,13,14);. The summed E-state index contributed by atoms with van der Waals surface area (Å²) in [7, 11) is 0. The number of nitro benzene ring substituents is 1. The Morgan fingerprint density at radius 1 is 1.41 bits per heavy atom. The molecule has 1 radical (unpaired) electrons. The second-order valence-corrected chi connectivity index (χ2v) is 3.23. The van der Waals surface area contributed by atoms with Gasteiger partial charge >= 0.3 is 5.97 Å². The van der Waals surface area contributed by atoms with E-state index >= 15 is 0 Å². The Balaban J connectivity index is 0.00000256. The summed E-state index contributed by atoms with van der Waals surface area (Å²) in [6, 6.07) is 4.33. The SMILES string of the molecule is Cc1cccc([N+](=O)[O-])c1CC(=O)C(=O)O.[K]. The first-order valence-corrected chi connectivity index (χ1v) is 4.42. The van der Waals surface area contributed by atoms with E-state index in [2.05, 4.69) is 0 Å². The summed E-state index contributed by atoms with van der Waals surface area (Å²) in [4.78, 5) is 31.4. The molecule has 0 bridgehead atoms. The Hall–Kier alpha value is -0.604. The second kappa shape index (κ2) is 6.97. The van der Waals surface area contributed by atoms with Crippen molar-refractivity contribution in [3.8, 4) is 0 Å². The number of nitro groups is 1. The van der Waals surface area contributed by atoms with Crippen molar-refractivity contribution in [2.45, 2.75) is 13.3 Å². The summed E-state index contributed by atoms with van der Waals surface area (Å²) >= 11 is 0. The minimum atomic E-state index is -1.59. The number of nitrogens with zero attached hydrogens (tertiary/aromatic N) is 1. The normalized spacial score (nSPS) is 9.24. The molecule has 0 unspecified atom stereocenters. The largest absolute Gasteiger partial charge is 0.475 e. The Kier molecular flexibility index (Phi) is 6.72. The van der Waals surface area contributed by atoms with E-state index in [1.54, 1.807) is 13.0 Å². The van der Waals surface area contributed by atoms with Crippen molar-refractivity contribution in [1.29, 1.82) is 0 Å². The molecule has 0 atom stereocenters. The number of carboxylic acids is 1. The first-order chi connectivity index (χ1) is 7.43. The van der Waals surface area contributed by atoms with Gasteiger partial charge in [0, 0.05) is 63.0 Å². The average molecular weight is 262 g/mol. The molecular weight excluding hydrogens is 253 g/mol. The molecule has 1 aromatic carbocycles. The molecule has 0 spiro atoms. The van der Waals surface area contributed by atoms with Crippen molar-refractivity contribution in [3.05, 3.63) is 39.4 Å². The van der Waals surface area contributed by atoms with Crippen molar-refractivity contribution in [2.24, 2.45) is 0 Å². The Morgan fingerprint density at radius 3 is 2.47 bits per heavy atom. The van der Waals surface area contributed by atoms with Gasteiger partial charge in [-0.25, -0.2) is 4.79 Å². The minimum absolute atomic E-state index is 0. The number of carboxylic acid groups (broad SMARTS) is 1. The third kappa shape index (κ3) is 4.28. The number of hydrogen-bond donors (Lipinski definition) is 1. The van der Waals surface area contributed by atoms with E-state index in [-0.39, 0.29) is 62.6 Å². The molecule has 0 aromatic heterocycles. The number of Topliss-reactive ketones (excluding diaryl/α,β-unsaturated/α-hetero) is 1. The van der Waals surface area contributed by atoms with Crippen LogP contribution in [0.5, 0.6) is 0 Å². The van der Waals surface area contributed by atoms with Gasteiger partial charge in [-0.1, -0.05) is 12.1 Å². The smallest absolute Gasteiger partial charge is 0.372 e. The van der Waals surface area contributed by atoms with Gasteiger partial charge in [0.15, 0.2) is 0 Å². The van der Waals surface area contributed by atoms with E-state index in [0.29, 0.717) is 5.56 Å². The molecule has 0 aliphatic rings. The van der Waals surface area contributed by atoms with E-state index in [1.165, 1.54) is 12.1 Å². The first kappa shape index (κ1) is 16.4. The zero-order chi connectivity index (χ0) is 12.3. The van der Waals surface area contributed by atoms with Crippen molar-refractivity contribution >= 4 is 68.8 Å². The van der Waals surface area contributed by atoms with Crippen LogP contribution in [0.4, 0.5) is 5.69 Å². The molecule has 1 aromatic rings. The number of aryl methyl sites for hydroxylation is 1. The van der Waals surface area contributed by atoms with Crippen LogP contribution in [-0.4, -0.2) is 73.2 Å². The van der Waals surface area contributed by atoms with Gasteiger partial charge in [-0.3, -0.25) is 14.9 Å². The van der Waals surface area contributed by atoms with Gasteiger partial charge in [0.05, 0.1) is 11.3 Å². The van der Waals surface area contributed by atoms with Crippen LogP contribution in [0.2, 0.25) is 0 Å². The average Bonchev–Trinajstić information content (AvgIpc) is 2.20. The van der Waals surface area contributed by atoms with Crippen LogP contribution in [-0.2, 0) is 16.0 Å². The summed E-state index contributed by atoms with van der Waals surface area (Å²) < 4.78 is 0. The topological polar surface area (TPSA) is 97.5 Å². The van der Waals surface area contributed by atoms with Crippen molar-refractivity contribution in [1.82, 2.24) is 0 Å². The minimum Gasteiger partial charge on any atom is -0.475 e. The Bertz CT molecular complexity index is 472. The predicted octanol–water partition coefficient (Wildman–Crippen LogP) is 0.719. The fourth-order valence-corrected chi connectivity index (χ4v) is 1.32. The third-order valence-electron chi connectivity index (χ3n) is 2.16. The molecule has 7 heteroatoms. The number of aliphatic carboxylic acids is 1. The van der Waals surface area contributed by atoms with E-state index < -0.39 is 23.1 Å². The molecular formula is C10H9KNO5. The molecule has 0 saturated heterocycles. The summed E-state index contributed by atoms with van der Waals surface area (Å²) in [5.41, 5.74) is 0.457. The maximum absolute atomic E-state index is 11.0. The molecule has 85 valence electrons. The molecule has 0 amide bonds. The number of ketones is 1. The van der Waals surface area contributed by atoms with Crippen molar-refractivity contribution < 1.29 is 19.6 Å². The first-order valence-electron chi connectivity index (χ1n) is 4.42. The van der Waals surface area contributed by atoms with E-state index in [9.17, 15) is 19.7 Å². The van der Waals surface area contributed by atoms with Gasteiger partial charge in [0.2, 0.25) is 5.78 Å². The van der Waals surface area contributed by atoms with Crippen LogP contribution >= 0.6 is 0 Å². The number of rotatable bonds is 4. The van der Waals surface area contributed by atoms with Crippen LogP contribution < -0.4 is 0 Å². The summed E-state index contributed by atoms with van der Waals surface area (Å²) in [6.45, 7) is 1.59. The molecule has 0 saturated carbocycles. The molecule has 1 rings (SSSR count). The number of hydrogen-bond acceptors (Lipinski definition) is 4. The molecule has 1 N–H and O–H groups in total. The van der Waals surface area contributed by atoms with Gasteiger partial charge in [0.25, 0.3) is 5.69 Å². The van der Waals surface area contributed by atoms with Gasteiger partial charge < -0.3 is 5.11 Å². The Morgan fingerprint density at radius 2 is 2.00 bits per heavy atom. The molecule has 17 heavy (non-hydrogen) atoms. The van der Waals surface area contributed by atoms with Gasteiger partial charge in [-0.15, -0.1) is 0 Å². The second-order valence-electron chi connectivity index (χ2n) is 3.23. The van der Waals surface area contributed by atoms with Crippen LogP contribution in [0.15, 0.2) is 18.2 Å². The molecule has 0 aliphatic heterocycles. The van der Waals surface area contributed by atoms with Gasteiger partial charge in [-0.05, 0) is 12.5 Å². The number of benzene rings is 1. The molecule has 0 fully saturated rings. The molecule has 0 aliphatic carbocycles.